The lowest BCUT2D eigenvalue weighted by Crippen LogP contribution is -2.25. The monoisotopic (exact) mass is 733 g/mol. The van der Waals surface area contributed by atoms with Crippen molar-refractivity contribution in [1.82, 2.24) is 0 Å². The van der Waals surface area contributed by atoms with Crippen LogP contribution < -0.4 is 4.90 Å². The Bertz CT molecular complexity index is 2240. The number of benzene rings is 6. The minimum Gasteiger partial charge on any atom is -0.310 e. The highest BCUT2D eigenvalue weighted by atomic mass is 15.1. The zero-order valence-corrected chi connectivity index (χ0v) is 33.8. The van der Waals surface area contributed by atoms with Crippen molar-refractivity contribution in [2.45, 2.75) is 121 Å². The van der Waals surface area contributed by atoms with Crippen LogP contribution in [0.15, 0.2) is 140 Å². The maximum atomic E-state index is 2.56. The van der Waals surface area contributed by atoms with Crippen LogP contribution in [0, 0.1) is 0 Å². The highest BCUT2D eigenvalue weighted by molar-refractivity contribution is 5.86. The summed E-state index contributed by atoms with van der Waals surface area (Å²) in [5.74, 6) is 1.39. The van der Waals surface area contributed by atoms with Crippen LogP contribution in [0.5, 0.6) is 0 Å². The largest absolute Gasteiger partial charge is 0.310 e. The quantitative estimate of drug-likeness (QED) is 0.128. The Kier molecular flexibility index (Phi) is 10.7. The Morgan fingerprint density at radius 1 is 0.429 bits per heavy atom. The van der Waals surface area contributed by atoms with Crippen molar-refractivity contribution in [2.24, 2.45) is 0 Å². The summed E-state index contributed by atoms with van der Waals surface area (Å²) >= 11 is 0. The Morgan fingerprint density at radius 3 is 1.64 bits per heavy atom. The third kappa shape index (κ3) is 7.04. The molecule has 9 rings (SSSR count). The van der Waals surface area contributed by atoms with Crippen molar-refractivity contribution >= 4 is 17.1 Å². The highest BCUT2D eigenvalue weighted by Crippen LogP contribution is 2.55. The van der Waals surface area contributed by atoms with Crippen LogP contribution >= 0.6 is 0 Å². The van der Waals surface area contributed by atoms with Crippen molar-refractivity contribution in [3.8, 4) is 33.4 Å². The molecule has 0 aromatic heterocycles. The first kappa shape index (κ1) is 36.7. The first-order chi connectivity index (χ1) is 27.6. The molecule has 2 fully saturated rings. The highest BCUT2D eigenvalue weighted by Gasteiger charge is 2.42. The molecule has 6 aromatic carbocycles. The van der Waals surface area contributed by atoms with Gasteiger partial charge < -0.3 is 4.90 Å². The summed E-state index contributed by atoms with van der Waals surface area (Å²) in [5.41, 5.74) is 17.7. The van der Waals surface area contributed by atoms with Crippen LogP contribution in [0.2, 0.25) is 0 Å². The molecule has 0 spiro atoms. The molecule has 0 atom stereocenters. The summed E-state index contributed by atoms with van der Waals surface area (Å²) in [6.45, 7) is 4.71. The van der Waals surface area contributed by atoms with Gasteiger partial charge in [-0.25, -0.2) is 0 Å². The van der Waals surface area contributed by atoms with Gasteiger partial charge >= 0.3 is 0 Å². The first-order valence-electron chi connectivity index (χ1n) is 22.1. The lowest BCUT2D eigenvalue weighted by atomic mass is 9.71. The molecule has 0 aliphatic heterocycles. The molecule has 1 heteroatoms. The van der Waals surface area contributed by atoms with E-state index in [1.807, 2.05) is 0 Å². The Labute approximate surface area is 336 Å². The van der Waals surface area contributed by atoms with Gasteiger partial charge in [0.1, 0.15) is 0 Å². The molecule has 2 saturated carbocycles. The summed E-state index contributed by atoms with van der Waals surface area (Å²) in [5, 5.41) is 0. The molecule has 3 aliphatic rings. The molecular weight excluding hydrogens is 675 g/mol. The average Bonchev–Trinajstić information content (AvgIpc) is 3.53. The lowest BCUT2D eigenvalue weighted by molar-refractivity contribution is 0.436. The fourth-order valence-electron chi connectivity index (χ4n) is 11.0. The summed E-state index contributed by atoms with van der Waals surface area (Å²) in [7, 11) is 0. The lowest BCUT2D eigenvalue weighted by Gasteiger charge is -2.33. The van der Waals surface area contributed by atoms with Gasteiger partial charge in [-0.15, -0.1) is 0 Å². The molecule has 0 N–H and O–H groups in total. The summed E-state index contributed by atoms with van der Waals surface area (Å²) in [6.07, 6.45) is 18.2. The van der Waals surface area contributed by atoms with Crippen molar-refractivity contribution in [1.29, 1.82) is 0 Å². The second-order valence-corrected chi connectivity index (χ2v) is 17.2. The normalized spacial score (nSPS) is 16.7. The molecule has 56 heavy (non-hydrogen) atoms. The van der Waals surface area contributed by atoms with Crippen LogP contribution in [0.4, 0.5) is 17.1 Å². The van der Waals surface area contributed by atoms with Gasteiger partial charge in [0, 0.05) is 22.5 Å². The van der Waals surface area contributed by atoms with E-state index >= 15 is 0 Å². The summed E-state index contributed by atoms with van der Waals surface area (Å²) < 4.78 is 0. The molecule has 1 nitrogen and oxygen atoms in total. The average molecular weight is 734 g/mol. The number of fused-ring (bicyclic) bond motifs is 3. The molecule has 0 unspecified atom stereocenters. The van der Waals surface area contributed by atoms with E-state index in [0.29, 0.717) is 5.92 Å². The van der Waals surface area contributed by atoms with Crippen molar-refractivity contribution < 1.29 is 0 Å². The number of anilines is 3. The molecule has 0 heterocycles. The first-order valence-corrected chi connectivity index (χ1v) is 22.1. The Morgan fingerprint density at radius 2 is 0.982 bits per heavy atom. The number of nitrogens with zero attached hydrogens (tertiary/aromatic N) is 1. The van der Waals surface area contributed by atoms with Crippen LogP contribution in [-0.4, -0.2) is 0 Å². The van der Waals surface area contributed by atoms with Gasteiger partial charge in [-0.1, -0.05) is 162 Å². The van der Waals surface area contributed by atoms with Crippen molar-refractivity contribution in [3.05, 3.63) is 162 Å². The smallest absolute Gasteiger partial charge is 0.0465 e. The van der Waals surface area contributed by atoms with E-state index in [0.717, 1.165) is 5.92 Å². The topological polar surface area (TPSA) is 3.24 Å². The minimum atomic E-state index is 0.0477. The molecule has 0 saturated heterocycles. The van der Waals surface area contributed by atoms with Crippen molar-refractivity contribution in [3.63, 3.8) is 0 Å². The molecular formula is C55H59N. The van der Waals surface area contributed by atoms with Gasteiger partial charge in [0.2, 0.25) is 0 Å². The van der Waals surface area contributed by atoms with E-state index < -0.39 is 0 Å². The van der Waals surface area contributed by atoms with E-state index in [4.69, 9.17) is 0 Å². The SMILES string of the molecule is CCCC1(CCC)c2ccccc2-c2ccc(N(c3ccc(-c4cccc(-c5ccc(C6CCCCC6)cc5)c4)cc3)c3cccc(C4CCCCC4)c3)cc21. The number of hydrogen-bond acceptors (Lipinski definition) is 1. The van der Waals surface area contributed by atoms with Gasteiger partial charge in [-0.05, 0) is 148 Å². The molecule has 0 amide bonds. The van der Waals surface area contributed by atoms with E-state index in [-0.39, 0.29) is 5.41 Å². The van der Waals surface area contributed by atoms with Gasteiger partial charge in [0.15, 0.2) is 0 Å². The predicted molar refractivity (Wildman–Crippen MR) is 240 cm³/mol. The fourth-order valence-corrected chi connectivity index (χ4v) is 11.0. The molecule has 6 aromatic rings. The summed E-state index contributed by atoms with van der Waals surface area (Å²) in [4.78, 5) is 2.53. The maximum absolute atomic E-state index is 2.56. The third-order valence-corrected chi connectivity index (χ3v) is 13.7. The number of hydrogen-bond donors (Lipinski definition) is 0. The standard InChI is InChI=1S/C55H59N/c1-3-35-55(36-4-2)53-24-12-11-23-51(53)52-34-33-50(39-54(52)55)56(49-22-14-21-47(38-49)41-17-9-6-10-18-41)48-31-29-44(30-32-48)46-20-13-19-45(37-46)43-27-25-42(26-28-43)40-15-7-5-8-16-40/h11-14,19-34,37-41H,3-10,15-18,35-36H2,1-2H3. The molecule has 3 aliphatic carbocycles. The Balaban J connectivity index is 1.09. The maximum Gasteiger partial charge on any atom is 0.0465 e. The Hall–Kier alpha value is -4.88. The zero-order chi connectivity index (χ0) is 37.9. The molecule has 0 radical (unpaired) electrons. The van der Waals surface area contributed by atoms with E-state index in [2.05, 4.69) is 158 Å². The summed E-state index contributed by atoms with van der Waals surface area (Å²) in [6, 6.07) is 54.1. The third-order valence-electron chi connectivity index (χ3n) is 13.7. The molecule has 0 bridgehead atoms. The van der Waals surface area contributed by atoms with Crippen LogP contribution in [0.1, 0.15) is 138 Å². The minimum absolute atomic E-state index is 0.0477. The second-order valence-electron chi connectivity index (χ2n) is 17.2. The van der Waals surface area contributed by atoms with Crippen LogP contribution in [-0.2, 0) is 5.41 Å². The van der Waals surface area contributed by atoms with Gasteiger partial charge in [-0.3, -0.25) is 0 Å². The van der Waals surface area contributed by atoms with Gasteiger partial charge in [0.05, 0.1) is 0 Å². The molecule has 284 valence electrons. The zero-order valence-electron chi connectivity index (χ0n) is 33.8. The van der Waals surface area contributed by atoms with Crippen LogP contribution in [0.3, 0.4) is 0 Å². The van der Waals surface area contributed by atoms with Gasteiger partial charge in [0.25, 0.3) is 0 Å². The van der Waals surface area contributed by atoms with Gasteiger partial charge in [-0.2, -0.15) is 0 Å². The van der Waals surface area contributed by atoms with Crippen LogP contribution in [0.25, 0.3) is 33.4 Å². The van der Waals surface area contributed by atoms with E-state index in [1.165, 1.54) is 163 Å². The second kappa shape index (κ2) is 16.3. The van der Waals surface area contributed by atoms with E-state index in [9.17, 15) is 0 Å². The van der Waals surface area contributed by atoms with E-state index in [1.54, 1.807) is 0 Å². The number of rotatable bonds is 11. The predicted octanol–water partition coefficient (Wildman–Crippen LogP) is 16.5. The fraction of sp³-hybridized carbons (Fsp3) is 0.345. The van der Waals surface area contributed by atoms with Crippen molar-refractivity contribution in [2.75, 3.05) is 4.90 Å².